The van der Waals surface area contributed by atoms with Crippen molar-refractivity contribution >= 4 is 0 Å². The van der Waals surface area contributed by atoms with Crippen LogP contribution in [0.1, 0.15) is 33.6 Å². The standard InChI is InChI=1S/C13H23N/c1-6-13-8-12(9-14(13)7-2)11(5)10(3)4/h12-13H,3,5-9H2,1-2,4H3. The van der Waals surface area contributed by atoms with Gasteiger partial charge in [0.2, 0.25) is 0 Å². The van der Waals surface area contributed by atoms with Gasteiger partial charge in [-0.05, 0) is 37.8 Å². The van der Waals surface area contributed by atoms with E-state index in [9.17, 15) is 0 Å². The zero-order valence-electron chi connectivity index (χ0n) is 9.84. The molecule has 0 aromatic heterocycles. The molecule has 1 saturated heterocycles. The molecular weight excluding hydrogens is 170 g/mol. The predicted molar refractivity (Wildman–Crippen MR) is 63.4 cm³/mol. The van der Waals surface area contributed by atoms with E-state index in [1.807, 2.05) is 0 Å². The lowest BCUT2D eigenvalue weighted by molar-refractivity contribution is 0.260. The van der Waals surface area contributed by atoms with Crippen LogP contribution in [0.4, 0.5) is 0 Å². The fraction of sp³-hybridized carbons (Fsp3) is 0.692. The van der Waals surface area contributed by atoms with E-state index in [1.165, 1.54) is 31.5 Å². The number of hydrogen-bond acceptors (Lipinski definition) is 1. The summed E-state index contributed by atoms with van der Waals surface area (Å²) in [5.74, 6) is 0.650. The Morgan fingerprint density at radius 2 is 2.00 bits per heavy atom. The van der Waals surface area contributed by atoms with E-state index in [2.05, 4.69) is 38.8 Å². The number of allylic oxidation sites excluding steroid dienone is 1. The van der Waals surface area contributed by atoms with Crippen LogP contribution in [0.15, 0.2) is 24.3 Å². The van der Waals surface area contributed by atoms with Gasteiger partial charge in [-0.3, -0.25) is 0 Å². The zero-order valence-corrected chi connectivity index (χ0v) is 9.84. The maximum Gasteiger partial charge on any atom is 0.00990 e. The van der Waals surface area contributed by atoms with Crippen molar-refractivity contribution in [1.29, 1.82) is 0 Å². The molecular formula is C13H23N. The summed E-state index contributed by atoms with van der Waals surface area (Å²) in [4.78, 5) is 2.57. The second-order valence-electron chi connectivity index (χ2n) is 4.39. The van der Waals surface area contributed by atoms with Gasteiger partial charge in [0.15, 0.2) is 0 Å². The number of hydrogen-bond donors (Lipinski definition) is 0. The summed E-state index contributed by atoms with van der Waals surface area (Å²) in [6.07, 6.45) is 2.53. The zero-order chi connectivity index (χ0) is 10.7. The Morgan fingerprint density at radius 1 is 1.36 bits per heavy atom. The summed E-state index contributed by atoms with van der Waals surface area (Å²) in [5.41, 5.74) is 2.42. The first-order valence-electron chi connectivity index (χ1n) is 5.68. The Labute approximate surface area is 88.5 Å². The molecule has 80 valence electrons. The van der Waals surface area contributed by atoms with Crippen LogP contribution in [0.25, 0.3) is 0 Å². The molecule has 14 heavy (non-hydrogen) atoms. The van der Waals surface area contributed by atoms with E-state index in [0.29, 0.717) is 5.92 Å². The van der Waals surface area contributed by atoms with Gasteiger partial charge in [0, 0.05) is 12.6 Å². The topological polar surface area (TPSA) is 3.24 Å². The van der Waals surface area contributed by atoms with E-state index in [4.69, 9.17) is 0 Å². The third-order valence-electron chi connectivity index (χ3n) is 3.45. The molecule has 2 unspecified atom stereocenters. The number of nitrogens with zero attached hydrogens (tertiary/aromatic N) is 1. The van der Waals surface area contributed by atoms with Gasteiger partial charge in [0.05, 0.1) is 0 Å². The molecule has 0 bridgehead atoms. The monoisotopic (exact) mass is 193 g/mol. The molecule has 0 aromatic rings. The summed E-state index contributed by atoms with van der Waals surface area (Å²) >= 11 is 0. The lowest BCUT2D eigenvalue weighted by Crippen LogP contribution is -2.28. The molecule has 0 saturated carbocycles. The minimum absolute atomic E-state index is 0.650. The highest BCUT2D eigenvalue weighted by Gasteiger charge is 2.30. The van der Waals surface area contributed by atoms with Gasteiger partial charge in [-0.1, -0.05) is 32.6 Å². The maximum absolute atomic E-state index is 4.15. The summed E-state index contributed by atoms with van der Waals surface area (Å²) in [7, 11) is 0. The molecule has 0 aliphatic carbocycles. The van der Waals surface area contributed by atoms with Gasteiger partial charge < -0.3 is 4.90 Å². The summed E-state index contributed by atoms with van der Waals surface area (Å²) < 4.78 is 0. The number of rotatable bonds is 4. The third kappa shape index (κ3) is 2.27. The summed E-state index contributed by atoms with van der Waals surface area (Å²) in [5, 5.41) is 0. The first kappa shape index (κ1) is 11.5. The smallest absolute Gasteiger partial charge is 0.00990 e. The molecule has 1 rings (SSSR count). The van der Waals surface area contributed by atoms with Crippen LogP contribution in [-0.2, 0) is 0 Å². The van der Waals surface area contributed by atoms with E-state index in [1.54, 1.807) is 0 Å². The van der Waals surface area contributed by atoms with Crippen LogP contribution in [0.2, 0.25) is 0 Å². The highest BCUT2D eigenvalue weighted by molar-refractivity contribution is 5.27. The minimum Gasteiger partial charge on any atom is -0.300 e. The third-order valence-corrected chi connectivity index (χ3v) is 3.45. The van der Waals surface area contributed by atoms with Crippen LogP contribution in [0, 0.1) is 5.92 Å². The maximum atomic E-state index is 4.15. The highest BCUT2D eigenvalue weighted by atomic mass is 15.2. The highest BCUT2D eigenvalue weighted by Crippen LogP contribution is 2.31. The predicted octanol–water partition coefficient (Wildman–Crippen LogP) is 3.24. The van der Waals surface area contributed by atoms with Crippen LogP contribution in [0.3, 0.4) is 0 Å². The van der Waals surface area contributed by atoms with E-state index in [0.717, 1.165) is 11.6 Å². The molecule has 1 heterocycles. The quantitative estimate of drug-likeness (QED) is 0.620. The molecule has 0 radical (unpaired) electrons. The largest absolute Gasteiger partial charge is 0.300 e. The molecule has 1 heteroatoms. The van der Waals surface area contributed by atoms with Gasteiger partial charge in [0.1, 0.15) is 0 Å². The van der Waals surface area contributed by atoms with Crippen LogP contribution in [-0.4, -0.2) is 24.0 Å². The van der Waals surface area contributed by atoms with Crippen molar-refractivity contribution in [2.75, 3.05) is 13.1 Å². The first-order chi connectivity index (χ1) is 6.60. The molecule has 0 spiro atoms. The Kier molecular flexibility index (Phi) is 3.94. The van der Waals surface area contributed by atoms with E-state index < -0.39 is 0 Å². The van der Waals surface area contributed by atoms with Crippen molar-refractivity contribution in [1.82, 2.24) is 4.90 Å². The van der Waals surface area contributed by atoms with Crippen LogP contribution < -0.4 is 0 Å². The van der Waals surface area contributed by atoms with E-state index >= 15 is 0 Å². The van der Waals surface area contributed by atoms with Crippen LogP contribution in [0.5, 0.6) is 0 Å². The lowest BCUT2D eigenvalue weighted by atomic mass is 9.93. The van der Waals surface area contributed by atoms with E-state index in [-0.39, 0.29) is 0 Å². The Balaban J connectivity index is 2.61. The molecule has 1 aliphatic heterocycles. The van der Waals surface area contributed by atoms with Crippen molar-refractivity contribution in [2.45, 2.75) is 39.7 Å². The minimum atomic E-state index is 0.650. The van der Waals surface area contributed by atoms with Gasteiger partial charge in [-0.2, -0.15) is 0 Å². The summed E-state index contributed by atoms with van der Waals surface area (Å²) in [6, 6.07) is 0.765. The Bertz CT molecular complexity index is 217. The SMILES string of the molecule is C=C(C)C(=C)C1CC(CC)N(CC)C1. The molecule has 0 amide bonds. The van der Waals surface area contributed by atoms with Gasteiger partial charge in [-0.15, -0.1) is 0 Å². The number of likely N-dealkylation sites (tertiary alicyclic amines) is 1. The molecule has 1 fully saturated rings. The van der Waals surface area contributed by atoms with Crippen molar-refractivity contribution in [3.8, 4) is 0 Å². The van der Waals surface area contributed by atoms with Gasteiger partial charge >= 0.3 is 0 Å². The van der Waals surface area contributed by atoms with Crippen LogP contribution >= 0.6 is 0 Å². The molecule has 1 aliphatic rings. The van der Waals surface area contributed by atoms with Crippen molar-refractivity contribution in [3.05, 3.63) is 24.3 Å². The van der Waals surface area contributed by atoms with Crippen molar-refractivity contribution in [3.63, 3.8) is 0 Å². The molecule has 2 atom stereocenters. The van der Waals surface area contributed by atoms with Crippen molar-refractivity contribution in [2.24, 2.45) is 5.92 Å². The Hall–Kier alpha value is -0.560. The molecule has 1 nitrogen and oxygen atoms in total. The summed E-state index contributed by atoms with van der Waals surface area (Å²) in [6.45, 7) is 17.1. The van der Waals surface area contributed by atoms with Crippen molar-refractivity contribution < 1.29 is 0 Å². The Morgan fingerprint density at radius 3 is 2.36 bits per heavy atom. The normalized spacial score (nSPS) is 27.9. The second-order valence-corrected chi connectivity index (χ2v) is 4.39. The first-order valence-corrected chi connectivity index (χ1v) is 5.68. The second kappa shape index (κ2) is 4.79. The fourth-order valence-electron chi connectivity index (χ4n) is 2.40. The average Bonchev–Trinajstić information content (AvgIpc) is 2.59. The van der Waals surface area contributed by atoms with Gasteiger partial charge in [-0.25, -0.2) is 0 Å². The molecule has 0 N–H and O–H groups in total. The lowest BCUT2D eigenvalue weighted by Gasteiger charge is -2.20. The fourth-order valence-corrected chi connectivity index (χ4v) is 2.40. The average molecular weight is 193 g/mol. The van der Waals surface area contributed by atoms with Gasteiger partial charge in [0.25, 0.3) is 0 Å². The molecule has 0 aromatic carbocycles.